The standard InChI is InChI=1S/C12H17N5/c1-16-6-10(4-15-16)7-17-8-12(14-9-17)5-13-11-2-3-11/h4,6,8-9,11,13H,2-3,5,7H2,1H3. The zero-order valence-corrected chi connectivity index (χ0v) is 10.0. The predicted octanol–water partition coefficient (Wildman–Crippen LogP) is 0.917. The smallest absolute Gasteiger partial charge is 0.0953 e. The molecule has 5 nitrogen and oxygen atoms in total. The van der Waals surface area contributed by atoms with Crippen molar-refractivity contribution in [3.63, 3.8) is 0 Å². The monoisotopic (exact) mass is 231 g/mol. The van der Waals surface area contributed by atoms with Crippen LogP contribution in [0, 0.1) is 0 Å². The molecule has 0 unspecified atom stereocenters. The summed E-state index contributed by atoms with van der Waals surface area (Å²) in [5, 5.41) is 7.62. The molecular formula is C12H17N5. The Hall–Kier alpha value is -1.62. The maximum absolute atomic E-state index is 4.39. The lowest BCUT2D eigenvalue weighted by atomic mass is 10.3. The van der Waals surface area contributed by atoms with E-state index in [9.17, 15) is 0 Å². The molecule has 1 aliphatic carbocycles. The van der Waals surface area contributed by atoms with E-state index in [2.05, 4.69) is 26.2 Å². The maximum Gasteiger partial charge on any atom is 0.0953 e. The van der Waals surface area contributed by atoms with Gasteiger partial charge in [-0.15, -0.1) is 0 Å². The Kier molecular flexibility index (Phi) is 2.68. The summed E-state index contributed by atoms with van der Waals surface area (Å²) in [6.45, 7) is 1.72. The van der Waals surface area contributed by atoms with Crippen LogP contribution in [-0.4, -0.2) is 25.4 Å². The number of aryl methyl sites for hydroxylation is 1. The molecule has 0 aliphatic heterocycles. The van der Waals surface area contributed by atoms with Gasteiger partial charge < -0.3 is 9.88 Å². The van der Waals surface area contributed by atoms with Gasteiger partial charge in [-0.2, -0.15) is 5.10 Å². The molecule has 17 heavy (non-hydrogen) atoms. The van der Waals surface area contributed by atoms with Crippen LogP contribution in [0.1, 0.15) is 24.1 Å². The number of nitrogens with zero attached hydrogens (tertiary/aromatic N) is 4. The van der Waals surface area contributed by atoms with Crippen LogP contribution in [0.4, 0.5) is 0 Å². The Morgan fingerprint density at radius 3 is 3.00 bits per heavy atom. The molecule has 1 fully saturated rings. The lowest BCUT2D eigenvalue weighted by Crippen LogP contribution is -2.15. The van der Waals surface area contributed by atoms with Gasteiger partial charge in [-0.3, -0.25) is 4.68 Å². The molecule has 0 radical (unpaired) electrons. The number of imidazole rings is 1. The Morgan fingerprint density at radius 2 is 2.29 bits per heavy atom. The quantitative estimate of drug-likeness (QED) is 0.832. The molecule has 3 rings (SSSR count). The molecule has 1 aliphatic rings. The van der Waals surface area contributed by atoms with E-state index in [4.69, 9.17) is 0 Å². The third-order valence-electron chi connectivity index (χ3n) is 2.96. The number of hydrogen-bond acceptors (Lipinski definition) is 3. The van der Waals surface area contributed by atoms with Crippen LogP contribution in [0.15, 0.2) is 24.9 Å². The second-order valence-electron chi connectivity index (χ2n) is 4.71. The molecule has 5 heteroatoms. The topological polar surface area (TPSA) is 47.7 Å². The van der Waals surface area contributed by atoms with Crippen molar-refractivity contribution >= 4 is 0 Å². The fourth-order valence-corrected chi connectivity index (χ4v) is 1.88. The highest BCUT2D eigenvalue weighted by atomic mass is 15.2. The molecule has 2 aromatic heterocycles. The molecule has 1 saturated carbocycles. The van der Waals surface area contributed by atoms with E-state index >= 15 is 0 Å². The van der Waals surface area contributed by atoms with E-state index in [-0.39, 0.29) is 0 Å². The normalized spacial score (nSPS) is 15.4. The van der Waals surface area contributed by atoms with Gasteiger partial charge in [0.05, 0.1) is 24.8 Å². The molecule has 0 spiro atoms. The Labute approximate surface area is 100 Å². The first-order valence-corrected chi connectivity index (χ1v) is 6.01. The third kappa shape index (κ3) is 2.74. The molecule has 0 saturated heterocycles. The SMILES string of the molecule is Cn1cc(Cn2cnc(CNC3CC3)c2)cn1. The van der Waals surface area contributed by atoms with Crippen molar-refractivity contribution in [2.24, 2.45) is 7.05 Å². The van der Waals surface area contributed by atoms with Crippen molar-refractivity contribution in [2.45, 2.75) is 32.0 Å². The van der Waals surface area contributed by atoms with Gasteiger partial charge in [0.25, 0.3) is 0 Å². The van der Waals surface area contributed by atoms with E-state index in [1.165, 1.54) is 18.4 Å². The van der Waals surface area contributed by atoms with Crippen LogP contribution >= 0.6 is 0 Å². The number of nitrogens with one attached hydrogen (secondary N) is 1. The molecule has 0 amide bonds. The van der Waals surface area contributed by atoms with Crippen LogP contribution in [0.2, 0.25) is 0 Å². The van der Waals surface area contributed by atoms with Gasteiger partial charge in [0.2, 0.25) is 0 Å². The number of rotatable bonds is 5. The zero-order valence-electron chi connectivity index (χ0n) is 10.0. The van der Waals surface area contributed by atoms with Crippen molar-refractivity contribution in [3.8, 4) is 0 Å². The first-order valence-electron chi connectivity index (χ1n) is 6.01. The lowest BCUT2D eigenvalue weighted by molar-refractivity contribution is 0.676. The summed E-state index contributed by atoms with van der Waals surface area (Å²) in [7, 11) is 1.93. The highest BCUT2D eigenvalue weighted by Crippen LogP contribution is 2.19. The van der Waals surface area contributed by atoms with E-state index in [1.54, 1.807) is 0 Å². The Balaban J connectivity index is 1.59. The van der Waals surface area contributed by atoms with E-state index in [0.29, 0.717) is 0 Å². The minimum Gasteiger partial charge on any atom is -0.333 e. The highest BCUT2D eigenvalue weighted by Gasteiger charge is 2.20. The summed E-state index contributed by atoms with van der Waals surface area (Å²) < 4.78 is 3.92. The molecule has 0 bridgehead atoms. The largest absolute Gasteiger partial charge is 0.333 e. The summed E-state index contributed by atoms with van der Waals surface area (Å²) >= 11 is 0. The molecule has 1 N–H and O–H groups in total. The van der Waals surface area contributed by atoms with Crippen LogP contribution in [0.5, 0.6) is 0 Å². The van der Waals surface area contributed by atoms with Gasteiger partial charge in [-0.25, -0.2) is 4.98 Å². The van der Waals surface area contributed by atoms with E-state index in [0.717, 1.165) is 24.8 Å². The first kappa shape index (κ1) is 10.5. The summed E-state index contributed by atoms with van der Waals surface area (Å²) in [6, 6.07) is 0.735. The fourth-order valence-electron chi connectivity index (χ4n) is 1.88. The Bertz CT molecular complexity index is 494. The molecule has 0 aromatic carbocycles. The van der Waals surface area contributed by atoms with Crippen molar-refractivity contribution in [1.29, 1.82) is 0 Å². The lowest BCUT2D eigenvalue weighted by Gasteiger charge is -1.99. The van der Waals surface area contributed by atoms with Crippen LogP contribution in [0.3, 0.4) is 0 Å². The second-order valence-corrected chi connectivity index (χ2v) is 4.71. The summed E-state index contributed by atoms with van der Waals surface area (Å²) in [4.78, 5) is 4.39. The van der Waals surface area contributed by atoms with Crippen LogP contribution in [-0.2, 0) is 20.1 Å². The zero-order chi connectivity index (χ0) is 11.7. The summed E-state index contributed by atoms with van der Waals surface area (Å²) in [5.74, 6) is 0. The van der Waals surface area contributed by atoms with Crippen LogP contribution in [0.25, 0.3) is 0 Å². The summed E-state index contributed by atoms with van der Waals surface area (Å²) in [6.07, 6.45) is 10.5. The third-order valence-corrected chi connectivity index (χ3v) is 2.96. The second kappa shape index (κ2) is 4.33. The van der Waals surface area contributed by atoms with E-state index in [1.807, 2.05) is 30.5 Å². The van der Waals surface area contributed by atoms with Gasteiger partial charge in [-0.05, 0) is 12.8 Å². The fraction of sp³-hybridized carbons (Fsp3) is 0.500. The van der Waals surface area contributed by atoms with Crippen molar-refractivity contribution < 1.29 is 0 Å². The molecular weight excluding hydrogens is 214 g/mol. The van der Waals surface area contributed by atoms with Crippen LogP contribution < -0.4 is 5.32 Å². The average molecular weight is 231 g/mol. The number of aromatic nitrogens is 4. The first-order chi connectivity index (χ1) is 8.29. The summed E-state index contributed by atoms with van der Waals surface area (Å²) in [5.41, 5.74) is 2.31. The average Bonchev–Trinajstić information content (AvgIpc) is 2.90. The van der Waals surface area contributed by atoms with E-state index < -0.39 is 0 Å². The van der Waals surface area contributed by atoms with Crippen molar-refractivity contribution in [2.75, 3.05) is 0 Å². The van der Waals surface area contributed by atoms with Crippen molar-refractivity contribution in [3.05, 3.63) is 36.2 Å². The number of hydrogen-bond donors (Lipinski definition) is 1. The van der Waals surface area contributed by atoms with Gasteiger partial charge in [0.1, 0.15) is 0 Å². The Morgan fingerprint density at radius 1 is 1.41 bits per heavy atom. The van der Waals surface area contributed by atoms with Crippen molar-refractivity contribution in [1.82, 2.24) is 24.6 Å². The van der Waals surface area contributed by atoms with Gasteiger partial charge in [0, 0.05) is 37.6 Å². The van der Waals surface area contributed by atoms with Gasteiger partial charge in [-0.1, -0.05) is 0 Å². The van der Waals surface area contributed by atoms with Gasteiger partial charge in [0.15, 0.2) is 0 Å². The van der Waals surface area contributed by atoms with Gasteiger partial charge >= 0.3 is 0 Å². The molecule has 90 valence electrons. The minimum absolute atomic E-state index is 0.735. The molecule has 2 heterocycles. The minimum atomic E-state index is 0.735. The maximum atomic E-state index is 4.39. The highest BCUT2D eigenvalue weighted by molar-refractivity contribution is 5.06. The molecule has 0 atom stereocenters. The molecule has 2 aromatic rings. The predicted molar refractivity (Wildman–Crippen MR) is 64.4 cm³/mol.